The normalized spacial score (nSPS) is 11.0. The topological polar surface area (TPSA) is 92.7 Å². The summed E-state index contributed by atoms with van der Waals surface area (Å²) in [5.74, 6) is 1.45. The van der Waals surface area contributed by atoms with Gasteiger partial charge in [-0.3, -0.25) is 9.59 Å². The summed E-state index contributed by atoms with van der Waals surface area (Å²) >= 11 is 0. The molecule has 0 radical (unpaired) electrons. The zero-order valence-electron chi connectivity index (χ0n) is 14.4. The van der Waals surface area contributed by atoms with E-state index in [0.29, 0.717) is 37.4 Å². The monoisotopic (exact) mass is 339 g/mol. The van der Waals surface area contributed by atoms with Crippen LogP contribution in [-0.2, 0) is 17.8 Å². The summed E-state index contributed by atoms with van der Waals surface area (Å²) in [6.07, 6.45) is 0.870. The highest BCUT2D eigenvalue weighted by Crippen LogP contribution is 2.15. The third kappa shape index (κ3) is 4.12. The molecule has 3 aromatic rings. The van der Waals surface area contributed by atoms with Crippen molar-refractivity contribution in [3.63, 3.8) is 0 Å². The van der Waals surface area contributed by atoms with Gasteiger partial charge in [0.25, 0.3) is 5.56 Å². The first-order chi connectivity index (χ1) is 12.0. The summed E-state index contributed by atoms with van der Waals surface area (Å²) in [7, 11) is 0. The molecule has 130 valence electrons. The lowest BCUT2D eigenvalue weighted by Crippen LogP contribution is -2.27. The van der Waals surface area contributed by atoms with Crippen LogP contribution in [0.4, 0.5) is 0 Å². The van der Waals surface area contributed by atoms with E-state index in [9.17, 15) is 9.59 Å². The number of benzene rings is 1. The van der Waals surface area contributed by atoms with Gasteiger partial charge in [0, 0.05) is 37.7 Å². The standard InChI is InChI=1S/C18H21N5O2/c1-12-11-18(25)22-16(20-12)7-9-19-17(24)8-10-23-13(2)21-14-5-3-4-6-15(14)23/h3-6,11H,7-10H2,1-2H3,(H,19,24)(H,20,22,25). The molecule has 0 saturated carbocycles. The first-order valence-corrected chi connectivity index (χ1v) is 8.28. The highest BCUT2D eigenvalue weighted by atomic mass is 16.1. The van der Waals surface area contributed by atoms with Crippen LogP contribution in [0.3, 0.4) is 0 Å². The van der Waals surface area contributed by atoms with Crippen molar-refractivity contribution >= 4 is 16.9 Å². The number of carbonyl (C=O) groups excluding carboxylic acids is 1. The van der Waals surface area contributed by atoms with Crippen LogP contribution in [0, 0.1) is 13.8 Å². The molecular weight excluding hydrogens is 318 g/mol. The number of aromatic amines is 1. The van der Waals surface area contributed by atoms with Gasteiger partial charge in [0.15, 0.2) is 0 Å². The summed E-state index contributed by atoms with van der Waals surface area (Å²) < 4.78 is 2.05. The predicted octanol–water partition coefficient (Wildman–Crippen LogP) is 1.49. The van der Waals surface area contributed by atoms with Gasteiger partial charge in [-0.25, -0.2) is 9.97 Å². The predicted molar refractivity (Wildman–Crippen MR) is 95.4 cm³/mol. The van der Waals surface area contributed by atoms with Crippen molar-refractivity contribution in [3.8, 4) is 0 Å². The Morgan fingerprint density at radius 1 is 1.24 bits per heavy atom. The van der Waals surface area contributed by atoms with Crippen LogP contribution in [0.2, 0.25) is 0 Å². The third-order valence-electron chi connectivity index (χ3n) is 4.01. The molecule has 0 saturated heterocycles. The van der Waals surface area contributed by atoms with Gasteiger partial charge in [-0.1, -0.05) is 12.1 Å². The Hall–Kier alpha value is -2.96. The van der Waals surface area contributed by atoms with Crippen LogP contribution in [0.1, 0.15) is 23.8 Å². The Kier molecular flexibility index (Phi) is 4.92. The maximum Gasteiger partial charge on any atom is 0.251 e. The van der Waals surface area contributed by atoms with E-state index in [2.05, 4.69) is 24.8 Å². The Bertz CT molecular complexity index is 957. The number of aromatic nitrogens is 4. The second-order valence-electron chi connectivity index (χ2n) is 5.98. The minimum Gasteiger partial charge on any atom is -0.356 e. The molecule has 0 unspecified atom stereocenters. The molecule has 7 nitrogen and oxygen atoms in total. The lowest BCUT2D eigenvalue weighted by Gasteiger charge is -2.08. The fourth-order valence-corrected chi connectivity index (χ4v) is 2.86. The van der Waals surface area contributed by atoms with E-state index in [0.717, 1.165) is 16.9 Å². The molecule has 0 aliphatic heterocycles. The van der Waals surface area contributed by atoms with Gasteiger partial charge in [0.05, 0.1) is 11.0 Å². The van der Waals surface area contributed by atoms with Gasteiger partial charge >= 0.3 is 0 Å². The van der Waals surface area contributed by atoms with Gasteiger partial charge < -0.3 is 14.9 Å². The SMILES string of the molecule is Cc1cc(=O)[nH]c(CCNC(=O)CCn2c(C)nc3ccccc32)n1. The molecule has 2 N–H and O–H groups in total. The van der Waals surface area contributed by atoms with E-state index >= 15 is 0 Å². The molecule has 0 spiro atoms. The first kappa shape index (κ1) is 16.9. The van der Waals surface area contributed by atoms with E-state index in [-0.39, 0.29) is 11.5 Å². The van der Waals surface area contributed by atoms with Crippen molar-refractivity contribution < 1.29 is 4.79 Å². The van der Waals surface area contributed by atoms with E-state index in [1.54, 1.807) is 6.92 Å². The summed E-state index contributed by atoms with van der Waals surface area (Å²) in [5.41, 5.74) is 2.48. The van der Waals surface area contributed by atoms with Crippen LogP contribution in [0.25, 0.3) is 11.0 Å². The number of carbonyl (C=O) groups is 1. The minimum atomic E-state index is -0.170. The number of hydrogen-bond donors (Lipinski definition) is 2. The van der Waals surface area contributed by atoms with Gasteiger partial charge in [0.2, 0.25) is 5.91 Å². The largest absolute Gasteiger partial charge is 0.356 e. The van der Waals surface area contributed by atoms with E-state index in [1.165, 1.54) is 6.07 Å². The molecule has 0 bridgehead atoms. The van der Waals surface area contributed by atoms with Crippen molar-refractivity contribution in [2.24, 2.45) is 0 Å². The highest BCUT2D eigenvalue weighted by molar-refractivity contribution is 5.77. The molecule has 0 atom stereocenters. The third-order valence-corrected chi connectivity index (χ3v) is 4.01. The molecule has 1 amide bonds. The minimum absolute atomic E-state index is 0.0350. The zero-order valence-corrected chi connectivity index (χ0v) is 14.4. The molecule has 1 aromatic carbocycles. The average molecular weight is 339 g/mol. The lowest BCUT2D eigenvalue weighted by atomic mass is 10.3. The molecule has 7 heteroatoms. The summed E-state index contributed by atoms with van der Waals surface area (Å²) in [6.45, 7) is 4.74. The van der Waals surface area contributed by atoms with Crippen LogP contribution in [0.15, 0.2) is 35.1 Å². The number of amides is 1. The van der Waals surface area contributed by atoms with Crippen LogP contribution >= 0.6 is 0 Å². The quantitative estimate of drug-likeness (QED) is 0.711. The lowest BCUT2D eigenvalue weighted by molar-refractivity contribution is -0.121. The van der Waals surface area contributed by atoms with E-state index in [4.69, 9.17) is 0 Å². The van der Waals surface area contributed by atoms with Gasteiger partial charge in [0.1, 0.15) is 11.6 Å². The van der Waals surface area contributed by atoms with Gasteiger partial charge in [-0.05, 0) is 26.0 Å². The Morgan fingerprint density at radius 3 is 2.84 bits per heavy atom. The Morgan fingerprint density at radius 2 is 2.04 bits per heavy atom. The van der Waals surface area contributed by atoms with Gasteiger partial charge in [-0.2, -0.15) is 0 Å². The number of fused-ring (bicyclic) bond motifs is 1. The van der Waals surface area contributed by atoms with E-state index in [1.807, 2.05) is 31.2 Å². The highest BCUT2D eigenvalue weighted by Gasteiger charge is 2.09. The molecule has 2 aromatic heterocycles. The molecule has 0 fully saturated rings. The van der Waals surface area contributed by atoms with Crippen LogP contribution in [-0.4, -0.2) is 32.0 Å². The van der Waals surface area contributed by atoms with Crippen LogP contribution in [0.5, 0.6) is 0 Å². The first-order valence-electron chi connectivity index (χ1n) is 8.28. The summed E-state index contributed by atoms with van der Waals surface area (Å²) in [5, 5.41) is 2.87. The van der Waals surface area contributed by atoms with Crippen molar-refractivity contribution in [2.45, 2.75) is 33.2 Å². The number of hydrogen-bond acceptors (Lipinski definition) is 4. The number of H-pyrrole nitrogens is 1. The number of nitrogens with one attached hydrogen (secondary N) is 2. The molecule has 0 aliphatic carbocycles. The van der Waals surface area contributed by atoms with Crippen molar-refractivity contribution in [1.82, 2.24) is 24.8 Å². The number of aryl methyl sites for hydroxylation is 3. The molecule has 2 heterocycles. The molecule has 25 heavy (non-hydrogen) atoms. The summed E-state index contributed by atoms with van der Waals surface area (Å²) in [6, 6.07) is 9.34. The smallest absolute Gasteiger partial charge is 0.251 e. The maximum atomic E-state index is 12.1. The van der Waals surface area contributed by atoms with E-state index < -0.39 is 0 Å². The van der Waals surface area contributed by atoms with Crippen molar-refractivity contribution in [1.29, 1.82) is 0 Å². The van der Waals surface area contributed by atoms with Gasteiger partial charge in [-0.15, -0.1) is 0 Å². The molecular formula is C18H21N5O2. The van der Waals surface area contributed by atoms with Crippen molar-refractivity contribution in [2.75, 3.05) is 6.54 Å². The Balaban J connectivity index is 1.52. The maximum absolute atomic E-state index is 12.1. The summed E-state index contributed by atoms with van der Waals surface area (Å²) in [4.78, 5) is 34.9. The van der Waals surface area contributed by atoms with Crippen LogP contribution < -0.4 is 10.9 Å². The number of rotatable bonds is 6. The molecule has 3 rings (SSSR count). The van der Waals surface area contributed by atoms with Crippen molar-refractivity contribution in [3.05, 3.63) is 58.0 Å². The number of imidazole rings is 1. The molecule has 0 aliphatic rings. The Labute approximate surface area is 145 Å². The average Bonchev–Trinajstić information content (AvgIpc) is 2.87. The second kappa shape index (κ2) is 7.29. The second-order valence-corrected chi connectivity index (χ2v) is 5.98. The number of para-hydroxylation sites is 2. The number of nitrogens with zero attached hydrogens (tertiary/aromatic N) is 3. The fourth-order valence-electron chi connectivity index (χ4n) is 2.86. The fraction of sp³-hybridized carbons (Fsp3) is 0.333. The zero-order chi connectivity index (χ0) is 17.8.